The molecule has 6 nitrogen and oxygen atoms in total. The third-order valence-electron chi connectivity index (χ3n) is 6.21. The summed E-state index contributed by atoms with van der Waals surface area (Å²) in [6.07, 6.45) is 6.53. The molecule has 0 aromatic rings. The molecule has 0 radical (unpaired) electrons. The van der Waals surface area contributed by atoms with Crippen LogP contribution in [0.5, 0.6) is 0 Å². The minimum Gasteiger partial charge on any atom is -0.381 e. The van der Waals surface area contributed by atoms with Crippen molar-refractivity contribution in [3.05, 3.63) is 0 Å². The van der Waals surface area contributed by atoms with Gasteiger partial charge < -0.3 is 19.9 Å². The molecule has 0 aromatic heterocycles. The molecule has 1 atom stereocenters. The quantitative estimate of drug-likeness (QED) is 0.619. The highest BCUT2D eigenvalue weighted by Crippen LogP contribution is 2.41. The first kappa shape index (κ1) is 18.5. The van der Waals surface area contributed by atoms with Gasteiger partial charge >= 0.3 is 0 Å². The van der Waals surface area contributed by atoms with Crippen LogP contribution in [0, 0.1) is 10.8 Å². The molecule has 0 bridgehead atoms. The van der Waals surface area contributed by atoms with E-state index in [4.69, 9.17) is 9.73 Å². The summed E-state index contributed by atoms with van der Waals surface area (Å²) in [6.45, 7) is 7.39. The first-order valence-electron chi connectivity index (χ1n) is 9.83. The number of carbonyl (C=O) groups is 1. The highest BCUT2D eigenvalue weighted by molar-refractivity contribution is 5.84. The van der Waals surface area contributed by atoms with E-state index >= 15 is 0 Å². The van der Waals surface area contributed by atoms with Crippen LogP contribution in [-0.4, -0.2) is 75.2 Å². The Morgan fingerprint density at radius 3 is 2.60 bits per heavy atom. The molecule has 1 N–H and O–H groups in total. The van der Waals surface area contributed by atoms with E-state index < -0.39 is 0 Å². The highest BCUT2D eigenvalue weighted by Gasteiger charge is 2.44. The monoisotopic (exact) mass is 350 g/mol. The number of nitrogens with zero attached hydrogens (tertiary/aromatic N) is 3. The molecule has 3 aliphatic rings. The largest absolute Gasteiger partial charge is 0.381 e. The van der Waals surface area contributed by atoms with Gasteiger partial charge in [-0.1, -0.05) is 12.8 Å². The van der Waals surface area contributed by atoms with Gasteiger partial charge in [-0.25, -0.2) is 0 Å². The van der Waals surface area contributed by atoms with Crippen LogP contribution in [0.25, 0.3) is 0 Å². The molecular weight excluding hydrogens is 316 g/mol. The normalized spacial score (nSPS) is 28.8. The number of nitrogens with one attached hydrogen (secondary N) is 1. The second-order valence-corrected chi connectivity index (χ2v) is 8.33. The molecule has 1 saturated carbocycles. The molecule has 2 saturated heterocycles. The molecule has 1 unspecified atom stereocenters. The predicted octanol–water partition coefficient (Wildman–Crippen LogP) is 1.71. The van der Waals surface area contributed by atoms with E-state index in [0.29, 0.717) is 12.0 Å². The Morgan fingerprint density at radius 2 is 2.00 bits per heavy atom. The van der Waals surface area contributed by atoms with Crippen LogP contribution in [0.3, 0.4) is 0 Å². The zero-order valence-electron chi connectivity index (χ0n) is 16.1. The van der Waals surface area contributed by atoms with Gasteiger partial charge in [-0.05, 0) is 32.6 Å². The Labute approximate surface area is 152 Å². The topological polar surface area (TPSA) is 57.2 Å². The van der Waals surface area contributed by atoms with Crippen molar-refractivity contribution in [1.29, 1.82) is 0 Å². The van der Waals surface area contributed by atoms with Crippen molar-refractivity contribution in [3.8, 4) is 0 Å². The number of amides is 1. The van der Waals surface area contributed by atoms with Gasteiger partial charge in [-0.3, -0.25) is 9.79 Å². The van der Waals surface area contributed by atoms with E-state index in [9.17, 15) is 4.79 Å². The number of rotatable bonds is 4. The summed E-state index contributed by atoms with van der Waals surface area (Å²) < 4.78 is 5.65. The van der Waals surface area contributed by atoms with E-state index in [-0.39, 0.29) is 11.3 Å². The Morgan fingerprint density at radius 1 is 1.24 bits per heavy atom. The lowest BCUT2D eigenvalue weighted by atomic mass is 9.85. The van der Waals surface area contributed by atoms with Crippen molar-refractivity contribution in [2.75, 3.05) is 53.5 Å². The van der Waals surface area contributed by atoms with Crippen LogP contribution in [0.15, 0.2) is 4.99 Å². The van der Waals surface area contributed by atoms with E-state index in [0.717, 1.165) is 70.9 Å². The summed E-state index contributed by atoms with van der Waals surface area (Å²) in [5.74, 6) is 1.22. The number of hydrogen-bond donors (Lipinski definition) is 1. The zero-order valence-corrected chi connectivity index (χ0v) is 16.1. The molecule has 1 spiro atoms. The summed E-state index contributed by atoms with van der Waals surface area (Å²) in [4.78, 5) is 21.8. The molecule has 2 aliphatic heterocycles. The number of aliphatic imine (C=N–C) groups is 1. The van der Waals surface area contributed by atoms with E-state index in [2.05, 4.69) is 17.1 Å². The van der Waals surface area contributed by atoms with Crippen molar-refractivity contribution in [1.82, 2.24) is 15.1 Å². The lowest BCUT2D eigenvalue weighted by molar-refractivity contribution is -0.138. The van der Waals surface area contributed by atoms with Crippen LogP contribution >= 0.6 is 0 Å². The summed E-state index contributed by atoms with van der Waals surface area (Å²) in [6, 6.07) is 0. The first-order chi connectivity index (χ1) is 12.0. The number of guanidine groups is 1. The SMILES string of the molecule is CCNC(=NCC1(C(=O)N(C)C)CCCC1)N1CCC2(CCOC2)C1. The van der Waals surface area contributed by atoms with Crippen LogP contribution in [-0.2, 0) is 9.53 Å². The second kappa shape index (κ2) is 7.52. The van der Waals surface area contributed by atoms with Crippen molar-refractivity contribution in [3.63, 3.8) is 0 Å². The molecule has 1 amide bonds. The van der Waals surface area contributed by atoms with Gasteiger partial charge in [0.2, 0.25) is 5.91 Å². The minimum absolute atomic E-state index is 0.242. The maximum atomic E-state index is 12.8. The van der Waals surface area contributed by atoms with Gasteiger partial charge in [-0.15, -0.1) is 0 Å². The maximum absolute atomic E-state index is 12.8. The Hall–Kier alpha value is -1.30. The van der Waals surface area contributed by atoms with Crippen LogP contribution < -0.4 is 5.32 Å². The summed E-state index contributed by atoms with van der Waals surface area (Å²) in [5, 5.41) is 3.45. The van der Waals surface area contributed by atoms with E-state index in [1.54, 1.807) is 4.90 Å². The molecule has 142 valence electrons. The van der Waals surface area contributed by atoms with Gasteiger partial charge in [0, 0.05) is 45.8 Å². The van der Waals surface area contributed by atoms with Crippen molar-refractivity contribution in [2.24, 2.45) is 15.8 Å². The molecule has 3 fully saturated rings. The fraction of sp³-hybridized carbons (Fsp3) is 0.895. The predicted molar refractivity (Wildman–Crippen MR) is 99.6 cm³/mol. The average molecular weight is 351 g/mol. The summed E-state index contributed by atoms with van der Waals surface area (Å²) in [5.41, 5.74) is 0.0265. The molecule has 25 heavy (non-hydrogen) atoms. The fourth-order valence-corrected chi connectivity index (χ4v) is 4.71. The third kappa shape index (κ3) is 3.78. The first-order valence-corrected chi connectivity index (χ1v) is 9.83. The fourth-order valence-electron chi connectivity index (χ4n) is 4.71. The van der Waals surface area contributed by atoms with Crippen molar-refractivity contribution >= 4 is 11.9 Å². The van der Waals surface area contributed by atoms with E-state index in [1.807, 2.05) is 14.1 Å². The Bertz CT molecular complexity index is 506. The molecule has 1 aliphatic carbocycles. The number of carbonyl (C=O) groups excluding carboxylic acids is 1. The van der Waals surface area contributed by atoms with Crippen molar-refractivity contribution < 1.29 is 9.53 Å². The van der Waals surface area contributed by atoms with E-state index in [1.165, 1.54) is 6.42 Å². The van der Waals surface area contributed by atoms with Crippen LogP contribution in [0.2, 0.25) is 0 Å². The lowest BCUT2D eigenvalue weighted by Crippen LogP contribution is -2.44. The van der Waals surface area contributed by atoms with Gasteiger partial charge in [-0.2, -0.15) is 0 Å². The standard InChI is InChI=1S/C19H34N4O2/c1-4-20-17(23-11-9-18(14-23)10-12-25-15-18)21-13-19(7-5-6-8-19)16(24)22(2)3/h4-15H2,1-3H3,(H,20,21). The van der Waals surface area contributed by atoms with Gasteiger partial charge in [0.25, 0.3) is 0 Å². The third-order valence-corrected chi connectivity index (χ3v) is 6.21. The van der Waals surface area contributed by atoms with Crippen LogP contribution in [0.1, 0.15) is 45.4 Å². The Balaban J connectivity index is 1.72. The number of likely N-dealkylation sites (tertiary alicyclic amines) is 1. The van der Waals surface area contributed by atoms with Crippen LogP contribution in [0.4, 0.5) is 0 Å². The smallest absolute Gasteiger partial charge is 0.230 e. The van der Waals surface area contributed by atoms with Gasteiger partial charge in [0.05, 0.1) is 18.6 Å². The zero-order chi connectivity index (χ0) is 17.9. The average Bonchev–Trinajstić information content (AvgIpc) is 3.34. The highest BCUT2D eigenvalue weighted by atomic mass is 16.5. The van der Waals surface area contributed by atoms with Gasteiger partial charge in [0.15, 0.2) is 5.96 Å². The molecule has 6 heteroatoms. The molecular formula is C19H34N4O2. The molecule has 3 rings (SSSR count). The number of hydrogen-bond acceptors (Lipinski definition) is 3. The molecule has 0 aromatic carbocycles. The second-order valence-electron chi connectivity index (χ2n) is 8.33. The number of ether oxygens (including phenoxy) is 1. The van der Waals surface area contributed by atoms with Gasteiger partial charge in [0.1, 0.15) is 0 Å². The summed E-state index contributed by atoms with van der Waals surface area (Å²) in [7, 11) is 3.73. The summed E-state index contributed by atoms with van der Waals surface area (Å²) >= 11 is 0. The van der Waals surface area contributed by atoms with Crippen molar-refractivity contribution in [2.45, 2.75) is 45.4 Å². The minimum atomic E-state index is -0.294. The maximum Gasteiger partial charge on any atom is 0.230 e. The lowest BCUT2D eigenvalue weighted by Gasteiger charge is -2.30. The Kier molecular flexibility index (Phi) is 5.56. The molecule has 2 heterocycles.